The summed E-state index contributed by atoms with van der Waals surface area (Å²) < 4.78 is 41.2. The van der Waals surface area contributed by atoms with Gasteiger partial charge in [0.2, 0.25) is 5.91 Å². The third-order valence-electron chi connectivity index (χ3n) is 4.09. The first-order valence-corrected chi connectivity index (χ1v) is 12.3. The average molecular weight is 499 g/mol. The lowest BCUT2D eigenvalue weighted by Crippen LogP contribution is -2.15. The lowest BCUT2D eigenvalue weighted by atomic mass is 10.2. The molecule has 0 spiro atoms. The molecule has 0 aromatic heterocycles. The molecule has 3 aromatic carbocycles. The quantitative estimate of drug-likeness (QED) is 0.411. The summed E-state index contributed by atoms with van der Waals surface area (Å²) in [5.41, 5.74) is 1.18. The van der Waals surface area contributed by atoms with E-state index < -0.39 is 15.8 Å². The molecule has 0 aliphatic carbocycles. The summed E-state index contributed by atoms with van der Waals surface area (Å²) in [5, 5.41) is 3.49. The molecule has 0 bridgehead atoms. The second-order valence-electron chi connectivity index (χ2n) is 6.38. The molecule has 0 saturated heterocycles. The molecule has 3 rings (SSSR count). The van der Waals surface area contributed by atoms with Crippen LogP contribution in [0.15, 0.2) is 71.6 Å². The molecule has 0 unspecified atom stereocenters. The van der Waals surface area contributed by atoms with Gasteiger partial charge in [0, 0.05) is 32.7 Å². The topological polar surface area (TPSA) is 75.3 Å². The van der Waals surface area contributed by atoms with E-state index in [9.17, 15) is 17.6 Å². The number of carbonyl (C=O) groups excluding carboxylic acids is 1. The number of hydrogen-bond donors (Lipinski definition) is 2. The first kappa shape index (κ1) is 23.4. The van der Waals surface area contributed by atoms with Gasteiger partial charge in [-0.2, -0.15) is 0 Å². The molecule has 1 amide bonds. The Morgan fingerprint density at radius 3 is 2.23 bits per heavy atom. The SMILES string of the molecule is O=C(CSCc1c(F)cccc1Cl)Nc1ccc(S(=O)(=O)Nc2ccc(Cl)cc2)cc1. The number of anilines is 2. The van der Waals surface area contributed by atoms with E-state index in [0.717, 1.165) is 0 Å². The van der Waals surface area contributed by atoms with Crippen molar-refractivity contribution in [2.24, 2.45) is 0 Å². The Labute approximate surface area is 194 Å². The fraction of sp³-hybridized carbons (Fsp3) is 0.0952. The molecule has 5 nitrogen and oxygen atoms in total. The van der Waals surface area contributed by atoms with Gasteiger partial charge < -0.3 is 5.32 Å². The van der Waals surface area contributed by atoms with E-state index in [1.165, 1.54) is 48.2 Å². The number of nitrogens with one attached hydrogen (secondary N) is 2. The number of carbonyl (C=O) groups is 1. The largest absolute Gasteiger partial charge is 0.325 e. The van der Waals surface area contributed by atoms with E-state index >= 15 is 0 Å². The van der Waals surface area contributed by atoms with Gasteiger partial charge in [-0.1, -0.05) is 29.3 Å². The van der Waals surface area contributed by atoms with Gasteiger partial charge in [0.05, 0.1) is 10.6 Å². The second-order valence-corrected chi connectivity index (χ2v) is 9.89. The molecule has 0 atom stereocenters. The fourth-order valence-electron chi connectivity index (χ4n) is 2.56. The van der Waals surface area contributed by atoms with Crippen molar-refractivity contribution in [1.29, 1.82) is 0 Å². The number of rotatable bonds is 8. The van der Waals surface area contributed by atoms with Crippen molar-refractivity contribution in [2.45, 2.75) is 10.6 Å². The van der Waals surface area contributed by atoms with E-state index in [2.05, 4.69) is 10.0 Å². The molecule has 10 heteroatoms. The average Bonchev–Trinajstić information content (AvgIpc) is 2.72. The van der Waals surface area contributed by atoms with Crippen molar-refractivity contribution in [2.75, 3.05) is 15.8 Å². The Morgan fingerprint density at radius 1 is 0.935 bits per heavy atom. The van der Waals surface area contributed by atoms with Gasteiger partial charge in [-0.15, -0.1) is 11.8 Å². The molecule has 0 fully saturated rings. The molecule has 2 N–H and O–H groups in total. The van der Waals surface area contributed by atoms with Crippen LogP contribution in [0.2, 0.25) is 10.0 Å². The number of halogens is 3. The van der Waals surface area contributed by atoms with Crippen LogP contribution in [0.25, 0.3) is 0 Å². The highest BCUT2D eigenvalue weighted by molar-refractivity contribution is 7.99. The van der Waals surface area contributed by atoms with Crippen LogP contribution >= 0.6 is 35.0 Å². The van der Waals surface area contributed by atoms with Crippen LogP contribution in [0.3, 0.4) is 0 Å². The molecular formula is C21H17Cl2FN2O3S2. The van der Waals surface area contributed by atoms with Gasteiger partial charge in [-0.25, -0.2) is 12.8 Å². The maximum atomic E-state index is 13.8. The minimum Gasteiger partial charge on any atom is -0.325 e. The Kier molecular flexibility index (Phi) is 7.83. The van der Waals surface area contributed by atoms with Crippen molar-refractivity contribution >= 4 is 62.3 Å². The van der Waals surface area contributed by atoms with Crippen molar-refractivity contribution in [3.05, 3.63) is 88.2 Å². The minimum atomic E-state index is -3.78. The van der Waals surface area contributed by atoms with Crippen LogP contribution in [-0.2, 0) is 20.6 Å². The Bertz CT molecular complexity index is 1150. The summed E-state index contributed by atoms with van der Waals surface area (Å²) in [4.78, 5) is 12.2. The van der Waals surface area contributed by atoms with Crippen molar-refractivity contribution in [3.63, 3.8) is 0 Å². The highest BCUT2D eigenvalue weighted by Crippen LogP contribution is 2.24. The van der Waals surface area contributed by atoms with Crippen molar-refractivity contribution in [1.82, 2.24) is 0 Å². The van der Waals surface area contributed by atoms with E-state index in [4.69, 9.17) is 23.2 Å². The van der Waals surface area contributed by atoms with Crippen LogP contribution in [0.1, 0.15) is 5.56 Å². The van der Waals surface area contributed by atoms with Crippen LogP contribution in [0.5, 0.6) is 0 Å². The number of amides is 1. The maximum Gasteiger partial charge on any atom is 0.261 e. The van der Waals surface area contributed by atoms with Crippen LogP contribution < -0.4 is 10.0 Å². The zero-order valence-electron chi connectivity index (χ0n) is 15.9. The molecule has 162 valence electrons. The summed E-state index contributed by atoms with van der Waals surface area (Å²) >= 11 is 13.0. The minimum absolute atomic E-state index is 0.0454. The first-order chi connectivity index (χ1) is 14.7. The molecule has 0 aliphatic rings. The maximum absolute atomic E-state index is 13.8. The smallest absolute Gasteiger partial charge is 0.261 e. The Balaban J connectivity index is 1.54. The van der Waals surface area contributed by atoms with Crippen LogP contribution in [-0.4, -0.2) is 20.1 Å². The fourth-order valence-corrected chi connectivity index (χ4v) is 4.91. The van der Waals surface area contributed by atoms with Gasteiger partial charge in [0.1, 0.15) is 5.82 Å². The summed E-state index contributed by atoms with van der Waals surface area (Å²) in [6.07, 6.45) is 0. The van der Waals surface area contributed by atoms with E-state index in [-0.39, 0.29) is 22.3 Å². The van der Waals surface area contributed by atoms with Crippen molar-refractivity contribution in [3.8, 4) is 0 Å². The molecule has 3 aromatic rings. The number of hydrogen-bond acceptors (Lipinski definition) is 4. The lowest BCUT2D eigenvalue weighted by molar-refractivity contribution is -0.113. The van der Waals surface area contributed by atoms with Gasteiger partial charge in [-0.05, 0) is 60.7 Å². The molecule has 31 heavy (non-hydrogen) atoms. The van der Waals surface area contributed by atoms with Gasteiger partial charge >= 0.3 is 0 Å². The molecule has 0 heterocycles. The highest BCUT2D eigenvalue weighted by atomic mass is 35.5. The standard InChI is InChI=1S/C21H17Cl2FN2O3S2/c22-14-4-6-16(7-5-14)26-31(28,29)17-10-8-15(9-11-17)25-21(27)13-30-12-18-19(23)2-1-3-20(18)24/h1-11,26H,12-13H2,(H,25,27). The molecular weight excluding hydrogens is 482 g/mol. The molecule has 0 saturated carbocycles. The summed E-state index contributed by atoms with van der Waals surface area (Å²) in [6.45, 7) is 0. The van der Waals surface area contributed by atoms with E-state index in [1.54, 1.807) is 30.3 Å². The zero-order chi connectivity index (χ0) is 22.4. The van der Waals surface area contributed by atoms with E-state index in [1.807, 2.05) is 0 Å². The molecule has 0 radical (unpaired) electrons. The van der Waals surface area contributed by atoms with Crippen LogP contribution in [0, 0.1) is 5.82 Å². The number of sulfonamides is 1. The monoisotopic (exact) mass is 498 g/mol. The predicted molar refractivity (Wildman–Crippen MR) is 125 cm³/mol. The van der Waals surface area contributed by atoms with Gasteiger partial charge in [-0.3, -0.25) is 9.52 Å². The Morgan fingerprint density at radius 2 is 1.58 bits per heavy atom. The number of thioether (sulfide) groups is 1. The lowest BCUT2D eigenvalue weighted by Gasteiger charge is -2.10. The van der Waals surface area contributed by atoms with Gasteiger partial charge in [0.25, 0.3) is 10.0 Å². The van der Waals surface area contributed by atoms with Gasteiger partial charge in [0.15, 0.2) is 0 Å². The zero-order valence-corrected chi connectivity index (χ0v) is 19.1. The Hall–Kier alpha value is -2.26. The summed E-state index contributed by atoms with van der Waals surface area (Å²) in [7, 11) is -3.78. The summed E-state index contributed by atoms with van der Waals surface area (Å²) in [6, 6.07) is 16.5. The van der Waals surface area contributed by atoms with E-state index in [0.29, 0.717) is 27.0 Å². The predicted octanol–water partition coefficient (Wildman–Crippen LogP) is 5.81. The number of benzene rings is 3. The summed E-state index contributed by atoms with van der Waals surface area (Å²) in [5.74, 6) is -0.369. The first-order valence-electron chi connectivity index (χ1n) is 8.93. The molecule has 0 aliphatic heterocycles. The highest BCUT2D eigenvalue weighted by Gasteiger charge is 2.15. The second kappa shape index (κ2) is 10.4. The van der Waals surface area contributed by atoms with Crippen LogP contribution in [0.4, 0.5) is 15.8 Å². The van der Waals surface area contributed by atoms with Crippen molar-refractivity contribution < 1.29 is 17.6 Å². The third kappa shape index (κ3) is 6.61. The third-order valence-corrected chi connectivity index (χ3v) is 7.05. The normalized spacial score (nSPS) is 11.2.